The van der Waals surface area contributed by atoms with E-state index in [1.54, 1.807) is 12.3 Å². The van der Waals surface area contributed by atoms with Crippen LogP contribution >= 0.6 is 0 Å². The normalized spacial score (nSPS) is 11.8. The number of amides is 1. The molecule has 0 aliphatic heterocycles. The van der Waals surface area contributed by atoms with Gasteiger partial charge in [0.1, 0.15) is 0 Å². The van der Waals surface area contributed by atoms with Gasteiger partial charge in [0.05, 0.1) is 6.04 Å². The van der Waals surface area contributed by atoms with Gasteiger partial charge < -0.3 is 16.0 Å². The van der Waals surface area contributed by atoms with Crippen LogP contribution in [0, 0.1) is 6.92 Å². The number of aryl methyl sites for hydroxylation is 1. The molecule has 0 spiro atoms. The molecule has 1 aromatic heterocycles. The Labute approximate surface area is 186 Å². The van der Waals surface area contributed by atoms with Crippen molar-refractivity contribution in [2.45, 2.75) is 18.9 Å². The minimum Gasteiger partial charge on any atom is -0.328 e. The van der Waals surface area contributed by atoms with Crippen LogP contribution in [0.15, 0.2) is 102 Å². The zero-order valence-corrected chi connectivity index (χ0v) is 17.8. The maximum absolute atomic E-state index is 13.1. The largest absolute Gasteiger partial charge is 0.328 e. The van der Waals surface area contributed by atoms with Crippen molar-refractivity contribution in [3.05, 3.63) is 124 Å². The molecule has 1 amide bonds. The van der Waals surface area contributed by atoms with Crippen LogP contribution in [0.3, 0.4) is 0 Å². The monoisotopic (exact) mass is 423 g/mol. The van der Waals surface area contributed by atoms with Gasteiger partial charge in [-0.05, 0) is 41.3 Å². The van der Waals surface area contributed by atoms with Crippen molar-refractivity contribution < 1.29 is 4.79 Å². The molecule has 0 saturated carbocycles. The van der Waals surface area contributed by atoms with Crippen LogP contribution in [0.1, 0.15) is 22.6 Å². The maximum Gasteiger partial charge on any atom is 0.248 e. The van der Waals surface area contributed by atoms with Crippen LogP contribution in [0.2, 0.25) is 0 Å². The van der Waals surface area contributed by atoms with Crippen LogP contribution < -0.4 is 16.6 Å². The number of pyridine rings is 1. The van der Waals surface area contributed by atoms with Crippen molar-refractivity contribution in [2.75, 3.05) is 5.32 Å². The molecule has 32 heavy (non-hydrogen) atoms. The van der Waals surface area contributed by atoms with Crippen LogP contribution in [0.5, 0.6) is 0 Å². The highest BCUT2D eigenvalue weighted by Gasteiger charge is 2.27. The first-order valence-corrected chi connectivity index (χ1v) is 10.5. The van der Waals surface area contributed by atoms with Gasteiger partial charge in [0.15, 0.2) is 0 Å². The third-order valence-corrected chi connectivity index (χ3v) is 5.57. The first-order valence-electron chi connectivity index (χ1n) is 10.5. The number of rotatable bonds is 6. The smallest absolute Gasteiger partial charge is 0.248 e. The fraction of sp³-hybridized carbons (Fsp3) is 0.111. The van der Waals surface area contributed by atoms with Crippen molar-refractivity contribution in [3.8, 4) is 11.1 Å². The zero-order valence-electron chi connectivity index (χ0n) is 17.8. The van der Waals surface area contributed by atoms with Gasteiger partial charge in [0.2, 0.25) is 11.5 Å². The summed E-state index contributed by atoms with van der Waals surface area (Å²) >= 11 is 0. The Morgan fingerprint density at radius 2 is 1.44 bits per heavy atom. The van der Waals surface area contributed by atoms with E-state index in [-0.39, 0.29) is 17.4 Å². The van der Waals surface area contributed by atoms with Gasteiger partial charge in [-0.2, -0.15) is 0 Å². The summed E-state index contributed by atoms with van der Waals surface area (Å²) in [5.41, 5.74) is 11.8. The Bertz CT molecular complexity index is 1210. The molecule has 0 saturated heterocycles. The SMILES string of the molecule is Cc1cc(=O)[nH]cc1-c1ccc(NC(=O)C(N)C(c2ccccc2)c2ccccc2)cc1. The third kappa shape index (κ3) is 4.68. The number of H-pyrrole nitrogens is 1. The number of carbonyl (C=O) groups is 1. The number of benzene rings is 3. The molecule has 3 aromatic carbocycles. The first kappa shape index (κ1) is 21.3. The first-order chi connectivity index (χ1) is 15.5. The lowest BCUT2D eigenvalue weighted by Crippen LogP contribution is -2.41. The fourth-order valence-electron chi connectivity index (χ4n) is 3.92. The molecule has 1 heterocycles. The van der Waals surface area contributed by atoms with E-state index in [0.717, 1.165) is 27.8 Å². The Kier molecular flexibility index (Phi) is 6.29. The van der Waals surface area contributed by atoms with Crippen LogP contribution in [-0.4, -0.2) is 16.9 Å². The van der Waals surface area contributed by atoms with E-state index < -0.39 is 6.04 Å². The van der Waals surface area contributed by atoms with Crippen molar-refractivity contribution in [1.29, 1.82) is 0 Å². The topological polar surface area (TPSA) is 88.0 Å². The van der Waals surface area contributed by atoms with E-state index >= 15 is 0 Å². The molecule has 0 bridgehead atoms. The highest BCUT2D eigenvalue weighted by Crippen LogP contribution is 2.28. The molecule has 5 nitrogen and oxygen atoms in total. The van der Waals surface area contributed by atoms with E-state index in [1.807, 2.05) is 91.9 Å². The molecule has 1 atom stereocenters. The van der Waals surface area contributed by atoms with Crippen molar-refractivity contribution in [2.24, 2.45) is 5.73 Å². The highest BCUT2D eigenvalue weighted by atomic mass is 16.2. The van der Waals surface area contributed by atoms with Crippen LogP contribution in [0.4, 0.5) is 5.69 Å². The Morgan fingerprint density at radius 3 is 1.97 bits per heavy atom. The van der Waals surface area contributed by atoms with Gasteiger partial charge in [-0.1, -0.05) is 72.8 Å². The molecule has 1 unspecified atom stereocenters. The quantitative estimate of drug-likeness (QED) is 0.428. The minimum absolute atomic E-state index is 0.129. The van der Waals surface area contributed by atoms with Gasteiger partial charge in [0.25, 0.3) is 0 Å². The highest BCUT2D eigenvalue weighted by molar-refractivity contribution is 5.96. The number of hydrogen-bond acceptors (Lipinski definition) is 3. The van der Waals surface area contributed by atoms with E-state index in [9.17, 15) is 9.59 Å². The van der Waals surface area contributed by atoms with Gasteiger partial charge >= 0.3 is 0 Å². The number of anilines is 1. The predicted octanol–water partition coefficient (Wildman–Crippen LogP) is 4.45. The molecule has 4 N–H and O–H groups in total. The summed E-state index contributed by atoms with van der Waals surface area (Å²) in [4.78, 5) is 27.2. The summed E-state index contributed by atoms with van der Waals surface area (Å²) in [5.74, 6) is -0.517. The molecule has 4 aromatic rings. The van der Waals surface area contributed by atoms with E-state index in [0.29, 0.717) is 5.69 Å². The average Bonchev–Trinajstić information content (AvgIpc) is 2.81. The molecule has 0 aliphatic carbocycles. The molecule has 0 radical (unpaired) electrons. The lowest BCUT2D eigenvalue weighted by Gasteiger charge is -2.24. The van der Waals surface area contributed by atoms with Gasteiger partial charge in [0, 0.05) is 29.4 Å². The second-order valence-electron chi connectivity index (χ2n) is 7.79. The third-order valence-electron chi connectivity index (χ3n) is 5.57. The summed E-state index contributed by atoms with van der Waals surface area (Å²) in [6, 6.07) is 28.0. The summed E-state index contributed by atoms with van der Waals surface area (Å²) in [7, 11) is 0. The molecule has 0 fully saturated rings. The van der Waals surface area contributed by atoms with Crippen molar-refractivity contribution >= 4 is 11.6 Å². The van der Waals surface area contributed by atoms with E-state index in [1.165, 1.54) is 0 Å². The molecular weight excluding hydrogens is 398 g/mol. The number of nitrogens with one attached hydrogen (secondary N) is 2. The van der Waals surface area contributed by atoms with Crippen LogP contribution in [0.25, 0.3) is 11.1 Å². The number of carbonyl (C=O) groups excluding carboxylic acids is 1. The Hall–Kier alpha value is -3.96. The second-order valence-corrected chi connectivity index (χ2v) is 7.79. The fourth-order valence-corrected chi connectivity index (χ4v) is 3.92. The van der Waals surface area contributed by atoms with Gasteiger partial charge in [-0.3, -0.25) is 9.59 Å². The van der Waals surface area contributed by atoms with Crippen molar-refractivity contribution in [1.82, 2.24) is 4.98 Å². The molecule has 5 heteroatoms. The lowest BCUT2D eigenvalue weighted by atomic mass is 9.85. The molecule has 4 rings (SSSR count). The minimum atomic E-state index is -0.763. The zero-order chi connectivity index (χ0) is 22.5. The maximum atomic E-state index is 13.1. The van der Waals surface area contributed by atoms with Crippen LogP contribution in [-0.2, 0) is 4.79 Å². The standard InChI is InChI=1S/C27H25N3O2/c1-18-16-24(31)29-17-23(18)19-12-14-22(15-13-19)30-27(32)26(28)25(20-8-4-2-5-9-20)21-10-6-3-7-11-21/h2-17,25-26H,28H2,1H3,(H,29,31)(H,30,32). The summed E-state index contributed by atoms with van der Waals surface area (Å²) in [6.45, 7) is 1.90. The van der Waals surface area contributed by atoms with E-state index in [4.69, 9.17) is 5.73 Å². The summed E-state index contributed by atoms with van der Waals surface area (Å²) < 4.78 is 0. The van der Waals surface area contributed by atoms with Crippen molar-refractivity contribution in [3.63, 3.8) is 0 Å². The number of hydrogen-bond donors (Lipinski definition) is 3. The predicted molar refractivity (Wildman–Crippen MR) is 129 cm³/mol. The summed E-state index contributed by atoms with van der Waals surface area (Å²) in [6.07, 6.45) is 1.70. The van der Waals surface area contributed by atoms with Gasteiger partial charge in [-0.15, -0.1) is 0 Å². The Morgan fingerprint density at radius 1 is 0.875 bits per heavy atom. The Balaban J connectivity index is 1.55. The number of aromatic amines is 1. The molecule has 0 aliphatic rings. The molecule has 160 valence electrons. The van der Waals surface area contributed by atoms with E-state index in [2.05, 4.69) is 10.3 Å². The number of nitrogens with two attached hydrogens (primary N) is 1. The summed E-state index contributed by atoms with van der Waals surface area (Å²) in [5, 5.41) is 2.94. The number of aromatic nitrogens is 1. The van der Waals surface area contributed by atoms with Gasteiger partial charge in [-0.25, -0.2) is 0 Å². The average molecular weight is 424 g/mol. The lowest BCUT2D eigenvalue weighted by molar-refractivity contribution is -0.117. The molecular formula is C27H25N3O2. The second kappa shape index (κ2) is 9.45.